The van der Waals surface area contributed by atoms with E-state index in [1.165, 1.54) is 9.60 Å². The van der Waals surface area contributed by atoms with Crippen LogP contribution in [0.5, 0.6) is 0 Å². The van der Waals surface area contributed by atoms with Crippen LogP contribution in [0.4, 0.5) is 5.69 Å². The van der Waals surface area contributed by atoms with Crippen LogP contribution in [0.1, 0.15) is 0 Å². The molecule has 0 saturated heterocycles. The SMILES string of the molecule is CSc1ccc(N)c2cc(Br)sc12. The lowest BCUT2D eigenvalue weighted by atomic mass is 10.2. The van der Waals surface area contributed by atoms with Gasteiger partial charge in [0.15, 0.2) is 0 Å². The maximum absolute atomic E-state index is 5.87. The number of hydrogen-bond donors (Lipinski definition) is 1. The molecular weight excluding hydrogens is 266 g/mol. The van der Waals surface area contributed by atoms with Crippen LogP contribution in [0.15, 0.2) is 26.9 Å². The van der Waals surface area contributed by atoms with E-state index in [1.807, 2.05) is 6.07 Å². The highest BCUT2D eigenvalue weighted by Crippen LogP contribution is 2.38. The molecule has 0 aliphatic carbocycles. The summed E-state index contributed by atoms with van der Waals surface area (Å²) >= 11 is 6.96. The first-order chi connectivity index (χ1) is 6.22. The lowest BCUT2D eigenvalue weighted by molar-refractivity contribution is 1.59. The van der Waals surface area contributed by atoms with Crippen molar-refractivity contribution in [3.8, 4) is 0 Å². The third kappa shape index (κ3) is 1.58. The molecule has 0 spiro atoms. The van der Waals surface area contributed by atoms with Crippen molar-refractivity contribution in [1.29, 1.82) is 0 Å². The Morgan fingerprint density at radius 2 is 2.23 bits per heavy atom. The van der Waals surface area contributed by atoms with E-state index >= 15 is 0 Å². The van der Waals surface area contributed by atoms with Crippen molar-refractivity contribution >= 4 is 54.8 Å². The molecule has 1 aromatic heterocycles. The highest BCUT2D eigenvalue weighted by Gasteiger charge is 2.06. The third-order valence-electron chi connectivity index (χ3n) is 1.87. The summed E-state index contributed by atoms with van der Waals surface area (Å²) < 4.78 is 2.41. The standard InChI is InChI=1S/C9H8BrNS2/c1-12-7-3-2-6(11)5-4-8(10)13-9(5)7/h2-4H,11H2,1H3. The molecule has 1 aromatic carbocycles. The molecule has 1 heterocycles. The van der Waals surface area contributed by atoms with Crippen molar-refractivity contribution in [2.45, 2.75) is 4.90 Å². The number of fused-ring (bicyclic) bond motifs is 1. The topological polar surface area (TPSA) is 26.0 Å². The zero-order valence-electron chi connectivity index (χ0n) is 7.00. The van der Waals surface area contributed by atoms with Crippen LogP contribution in [-0.4, -0.2) is 6.26 Å². The predicted octanol–water partition coefficient (Wildman–Crippen LogP) is 3.97. The van der Waals surface area contributed by atoms with Crippen LogP contribution in [0.2, 0.25) is 0 Å². The molecule has 0 atom stereocenters. The molecule has 2 aromatic rings. The van der Waals surface area contributed by atoms with Gasteiger partial charge in [-0.2, -0.15) is 0 Å². The first-order valence-electron chi connectivity index (χ1n) is 3.74. The number of thiophene rings is 1. The van der Waals surface area contributed by atoms with Crippen LogP contribution in [0.3, 0.4) is 0 Å². The predicted molar refractivity (Wildman–Crippen MR) is 65.7 cm³/mol. The van der Waals surface area contributed by atoms with Crippen molar-refractivity contribution in [2.75, 3.05) is 12.0 Å². The van der Waals surface area contributed by atoms with Crippen LogP contribution in [-0.2, 0) is 0 Å². The molecule has 4 heteroatoms. The summed E-state index contributed by atoms with van der Waals surface area (Å²) in [6.45, 7) is 0. The van der Waals surface area contributed by atoms with Crippen LogP contribution in [0, 0.1) is 0 Å². The molecule has 0 bridgehead atoms. The lowest BCUT2D eigenvalue weighted by Crippen LogP contribution is -1.84. The Bertz CT molecular complexity index is 450. The monoisotopic (exact) mass is 273 g/mol. The van der Waals surface area contributed by atoms with Gasteiger partial charge in [-0.15, -0.1) is 23.1 Å². The van der Waals surface area contributed by atoms with Crippen molar-refractivity contribution < 1.29 is 0 Å². The van der Waals surface area contributed by atoms with E-state index in [0.29, 0.717) is 0 Å². The maximum atomic E-state index is 5.87. The Kier molecular flexibility index (Phi) is 2.53. The first-order valence-corrected chi connectivity index (χ1v) is 6.57. The summed E-state index contributed by atoms with van der Waals surface area (Å²) in [7, 11) is 0. The Labute approximate surface area is 93.4 Å². The van der Waals surface area contributed by atoms with Crippen LogP contribution < -0.4 is 5.73 Å². The molecule has 0 fully saturated rings. The minimum atomic E-state index is 0.856. The molecule has 0 radical (unpaired) electrons. The fourth-order valence-electron chi connectivity index (χ4n) is 1.25. The summed E-state index contributed by atoms with van der Waals surface area (Å²) in [6.07, 6.45) is 2.08. The second-order valence-corrected chi connectivity index (χ2v) is 5.93. The van der Waals surface area contributed by atoms with E-state index in [9.17, 15) is 0 Å². The Morgan fingerprint density at radius 3 is 2.92 bits per heavy atom. The van der Waals surface area contributed by atoms with Crippen LogP contribution in [0.25, 0.3) is 10.1 Å². The zero-order valence-corrected chi connectivity index (χ0v) is 10.2. The molecule has 0 amide bonds. The van der Waals surface area contributed by atoms with Crippen molar-refractivity contribution in [3.63, 3.8) is 0 Å². The van der Waals surface area contributed by atoms with Gasteiger partial charge in [-0.25, -0.2) is 0 Å². The van der Waals surface area contributed by atoms with E-state index in [1.54, 1.807) is 23.1 Å². The summed E-state index contributed by atoms with van der Waals surface area (Å²) in [5.74, 6) is 0. The fraction of sp³-hybridized carbons (Fsp3) is 0.111. The van der Waals surface area contributed by atoms with Gasteiger partial charge in [0.1, 0.15) is 0 Å². The summed E-state index contributed by atoms with van der Waals surface area (Å²) in [4.78, 5) is 1.29. The third-order valence-corrected chi connectivity index (χ3v) is 4.45. The number of anilines is 1. The number of rotatable bonds is 1. The molecule has 1 nitrogen and oxygen atoms in total. The van der Waals surface area contributed by atoms with E-state index in [0.717, 1.165) is 14.9 Å². The van der Waals surface area contributed by atoms with Gasteiger partial charge in [0.05, 0.1) is 8.49 Å². The zero-order chi connectivity index (χ0) is 9.42. The van der Waals surface area contributed by atoms with Gasteiger partial charge in [0, 0.05) is 16.0 Å². The molecular formula is C9H8BrNS2. The largest absolute Gasteiger partial charge is 0.398 e. The van der Waals surface area contributed by atoms with E-state index in [4.69, 9.17) is 5.73 Å². The average Bonchev–Trinajstić information content (AvgIpc) is 2.48. The molecule has 68 valence electrons. The molecule has 13 heavy (non-hydrogen) atoms. The molecule has 0 aliphatic rings. The number of hydrogen-bond acceptors (Lipinski definition) is 3. The first kappa shape index (κ1) is 9.37. The summed E-state index contributed by atoms with van der Waals surface area (Å²) in [6, 6.07) is 6.12. The normalized spacial score (nSPS) is 10.9. The van der Waals surface area contributed by atoms with Crippen molar-refractivity contribution in [3.05, 3.63) is 22.0 Å². The van der Waals surface area contributed by atoms with Gasteiger partial charge in [0.2, 0.25) is 0 Å². The molecule has 2 rings (SSSR count). The van der Waals surface area contributed by atoms with Crippen molar-refractivity contribution in [1.82, 2.24) is 0 Å². The fourth-order valence-corrected chi connectivity index (χ4v) is 3.67. The van der Waals surface area contributed by atoms with Gasteiger partial charge in [0.25, 0.3) is 0 Å². The molecule has 0 saturated carbocycles. The number of nitrogens with two attached hydrogens (primary N) is 1. The molecule has 2 N–H and O–H groups in total. The molecule has 0 unspecified atom stereocenters. The highest BCUT2D eigenvalue weighted by atomic mass is 79.9. The van der Waals surface area contributed by atoms with E-state index in [2.05, 4.69) is 34.3 Å². The van der Waals surface area contributed by atoms with Gasteiger partial charge in [-0.1, -0.05) is 0 Å². The minimum Gasteiger partial charge on any atom is -0.398 e. The summed E-state index contributed by atoms with van der Waals surface area (Å²) in [5, 5.41) is 1.16. The lowest BCUT2D eigenvalue weighted by Gasteiger charge is -2.00. The average molecular weight is 274 g/mol. The van der Waals surface area contributed by atoms with Crippen molar-refractivity contribution in [2.24, 2.45) is 0 Å². The molecule has 0 aliphatic heterocycles. The quantitative estimate of drug-likeness (QED) is 0.629. The Balaban J connectivity index is 2.83. The second kappa shape index (κ2) is 3.52. The Morgan fingerprint density at radius 1 is 1.46 bits per heavy atom. The van der Waals surface area contributed by atoms with Crippen LogP contribution >= 0.6 is 39.0 Å². The minimum absolute atomic E-state index is 0.856. The van der Waals surface area contributed by atoms with E-state index < -0.39 is 0 Å². The number of thioether (sulfide) groups is 1. The second-order valence-electron chi connectivity index (χ2n) is 2.65. The van der Waals surface area contributed by atoms with Gasteiger partial charge >= 0.3 is 0 Å². The Hall–Kier alpha value is -0.190. The smallest absolute Gasteiger partial charge is 0.0712 e. The van der Waals surface area contributed by atoms with E-state index in [-0.39, 0.29) is 0 Å². The highest BCUT2D eigenvalue weighted by molar-refractivity contribution is 9.11. The number of halogens is 1. The number of nitrogen functional groups attached to an aromatic ring is 1. The van der Waals surface area contributed by atoms with Gasteiger partial charge in [-0.05, 0) is 40.4 Å². The van der Waals surface area contributed by atoms with Gasteiger partial charge in [-0.3, -0.25) is 0 Å². The maximum Gasteiger partial charge on any atom is 0.0712 e. The number of benzene rings is 1. The van der Waals surface area contributed by atoms with Gasteiger partial charge < -0.3 is 5.73 Å². The summed E-state index contributed by atoms with van der Waals surface area (Å²) in [5.41, 5.74) is 6.73.